The predicted molar refractivity (Wildman–Crippen MR) is 67.3 cm³/mol. The summed E-state index contributed by atoms with van der Waals surface area (Å²) in [4.78, 5) is 21.6. The molecular formula is C11H16N6O. The third kappa shape index (κ3) is 2.39. The van der Waals surface area contributed by atoms with Crippen LogP contribution in [0.2, 0.25) is 0 Å². The second-order valence-corrected chi connectivity index (χ2v) is 4.02. The van der Waals surface area contributed by atoms with E-state index in [1.165, 1.54) is 6.33 Å². The molecule has 0 unspecified atom stereocenters. The average Bonchev–Trinajstić information content (AvgIpc) is 2.82. The molecule has 7 nitrogen and oxygen atoms in total. The molecule has 1 N–H and O–H groups in total. The maximum Gasteiger partial charge on any atom is 0.254 e. The highest BCUT2D eigenvalue weighted by atomic mass is 16.2. The Bertz CT molecular complexity index is 564. The average molecular weight is 248 g/mol. The van der Waals surface area contributed by atoms with E-state index in [9.17, 15) is 4.79 Å². The summed E-state index contributed by atoms with van der Waals surface area (Å²) in [6.45, 7) is 4.72. The number of carbonyl (C=O) groups is 1. The Morgan fingerprint density at radius 2 is 2.33 bits per heavy atom. The van der Waals surface area contributed by atoms with Gasteiger partial charge in [-0.25, -0.2) is 4.98 Å². The van der Waals surface area contributed by atoms with Crippen molar-refractivity contribution >= 4 is 17.5 Å². The first-order valence-electron chi connectivity index (χ1n) is 5.77. The van der Waals surface area contributed by atoms with Crippen molar-refractivity contribution in [1.29, 1.82) is 0 Å². The highest BCUT2D eigenvalue weighted by molar-refractivity contribution is 5.80. The van der Waals surface area contributed by atoms with Crippen LogP contribution in [0.5, 0.6) is 0 Å². The molecule has 0 spiro atoms. The Labute approximate surface area is 105 Å². The molecule has 0 radical (unpaired) electrons. The lowest BCUT2D eigenvalue weighted by Gasteiger charge is -2.15. The summed E-state index contributed by atoms with van der Waals surface area (Å²) in [7, 11) is 1.77. The summed E-state index contributed by atoms with van der Waals surface area (Å²) in [5.41, 5.74) is 0.828. The molecule has 18 heavy (non-hydrogen) atoms. The first-order chi connectivity index (χ1) is 8.61. The topological polar surface area (TPSA) is 75.4 Å². The van der Waals surface area contributed by atoms with E-state index in [-0.39, 0.29) is 12.5 Å². The number of hydrogen-bond acceptors (Lipinski definition) is 5. The fraction of sp³-hybridized carbons (Fsp3) is 0.455. The summed E-state index contributed by atoms with van der Waals surface area (Å²) in [5.74, 6) is 1.27. The molecule has 0 aromatic carbocycles. The van der Waals surface area contributed by atoms with Crippen molar-refractivity contribution in [2.75, 3.05) is 25.5 Å². The van der Waals surface area contributed by atoms with Crippen molar-refractivity contribution in [3.8, 4) is 0 Å². The lowest BCUT2D eigenvalue weighted by Crippen LogP contribution is -2.32. The zero-order valence-electron chi connectivity index (χ0n) is 10.7. The minimum absolute atomic E-state index is 0.0280. The van der Waals surface area contributed by atoms with Crippen LogP contribution in [0.15, 0.2) is 12.4 Å². The van der Waals surface area contributed by atoms with Crippen LogP contribution in [0, 0.1) is 6.92 Å². The lowest BCUT2D eigenvalue weighted by molar-refractivity contribution is -0.127. The highest BCUT2D eigenvalue weighted by Gasteiger charge is 2.09. The number of rotatable bonds is 4. The lowest BCUT2D eigenvalue weighted by atomic mass is 10.4. The number of nitrogens with zero attached hydrogens (tertiary/aromatic N) is 5. The number of amides is 1. The van der Waals surface area contributed by atoms with Gasteiger partial charge in [0, 0.05) is 25.4 Å². The number of aryl methyl sites for hydroxylation is 1. The minimum atomic E-state index is 0.0280. The van der Waals surface area contributed by atoms with Crippen LogP contribution >= 0.6 is 0 Å². The largest absolute Gasteiger partial charge is 0.361 e. The minimum Gasteiger partial charge on any atom is -0.361 e. The first-order valence-corrected chi connectivity index (χ1v) is 5.77. The molecule has 0 atom stereocenters. The summed E-state index contributed by atoms with van der Waals surface area (Å²) < 4.78 is 1.58. The van der Waals surface area contributed by atoms with Crippen molar-refractivity contribution in [2.24, 2.45) is 0 Å². The van der Waals surface area contributed by atoms with Gasteiger partial charge in [-0.1, -0.05) is 0 Å². The second kappa shape index (κ2) is 4.99. The van der Waals surface area contributed by atoms with Crippen LogP contribution in [0.1, 0.15) is 12.6 Å². The molecule has 96 valence electrons. The number of carbonyl (C=O) groups excluding carboxylic acids is 1. The number of aromatic nitrogens is 4. The fourth-order valence-electron chi connectivity index (χ4n) is 1.53. The smallest absolute Gasteiger partial charge is 0.254 e. The van der Waals surface area contributed by atoms with Crippen LogP contribution in [0.4, 0.5) is 5.82 Å². The maximum atomic E-state index is 11.7. The van der Waals surface area contributed by atoms with Crippen LogP contribution < -0.4 is 5.32 Å². The molecule has 0 bridgehead atoms. The predicted octanol–water partition coefficient (Wildman–Crippen LogP) is 0.323. The zero-order valence-corrected chi connectivity index (χ0v) is 10.7. The van der Waals surface area contributed by atoms with Gasteiger partial charge in [-0.15, -0.1) is 0 Å². The molecule has 7 heteroatoms. The molecule has 0 aliphatic rings. The van der Waals surface area contributed by atoms with Crippen molar-refractivity contribution in [1.82, 2.24) is 24.5 Å². The Kier molecular flexibility index (Phi) is 3.40. The molecule has 0 fully saturated rings. The van der Waals surface area contributed by atoms with Crippen molar-refractivity contribution in [3.63, 3.8) is 0 Å². The van der Waals surface area contributed by atoms with E-state index < -0.39 is 0 Å². The van der Waals surface area contributed by atoms with Gasteiger partial charge in [0.1, 0.15) is 12.1 Å². The van der Waals surface area contributed by atoms with E-state index in [4.69, 9.17) is 0 Å². The second-order valence-electron chi connectivity index (χ2n) is 4.02. The summed E-state index contributed by atoms with van der Waals surface area (Å²) in [5, 5.41) is 7.12. The summed E-state index contributed by atoms with van der Waals surface area (Å²) in [6, 6.07) is 1.83. The molecule has 2 aromatic heterocycles. The van der Waals surface area contributed by atoms with Crippen molar-refractivity contribution in [3.05, 3.63) is 18.1 Å². The molecule has 1 amide bonds. The molecule has 0 aliphatic heterocycles. The zero-order chi connectivity index (χ0) is 13.1. The normalized spacial score (nSPS) is 10.6. The molecular weight excluding hydrogens is 232 g/mol. The third-order valence-corrected chi connectivity index (χ3v) is 2.70. The molecule has 2 aromatic rings. The quantitative estimate of drug-likeness (QED) is 0.843. The van der Waals surface area contributed by atoms with Crippen molar-refractivity contribution < 1.29 is 4.79 Å². The van der Waals surface area contributed by atoms with Gasteiger partial charge < -0.3 is 10.2 Å². The van der Waals surface area contributed by atoms with Gasteiger partial charge in [-0.05, 0) is 13.8 Å². The fourth-order valence-corrected chi connectivity index (χ4v) is 1.53. The Morgan fingerprint density at radius 3 is 3.06 bits per heavy atom. The van der Waals surface area contributed by atoms with Gasteiger partial charge in [-0.2, -0.15) is 14.6 Å². The van der Waals surface area contributed by atoms with Crippen LogP contribution in [0.3, 0.4) is 0 Å². The number of nitrogens with one attached hydrogen (secondary N) is 1. The van der Waals surface area contributed by atoms with Gasteiger partial charge in [0.15, 0.2) is 0 Å². The Balaban J connectivity index is 2.16. The van der Waals surface area contributed by atoms with E-state index >= 15 is 0 Å². The van der Waals surface area contributed by atoms with Crippen LogP contribution in [-0.2, 0) is 4.79 Å². The molecule has 0 saturated carbocycles. The van der Waals surface area contributed by atoms with Gasteiger partial charge in [0.2, 0.25) is 5.91 Å². The molecule has 2 heterocycles. The number of fused-ring (bicyclic) bond motifs is 1. The Morgan fingerprint density at radius 1 is 1.56 bits per heavy atom. The van der Waals surface area contributed by atoms with E-state index in [1.54, 1.807) is 16.5 Å². The maximum absolute atomic E-state index is 11.7. The van der Waals surface area contributed by atoms with E-state index in [2.05, 4.69) is 20.4 Å². The molecule has 0 saturated heterocycles. The number of hydrogen-bond donors (Lipinski definition) is 1. The van der Waals surface area contributed by atoms with Gasteiger partial charge in [0.25, 0.3) is 5.78 Å². The monoisotopic (exact) mass is 248 g/mol. The molecule has 2 rings (SSSR count). The summed E-state index contributed by atoms with van der Waals surface area (Å²) in [6.07, 6.45) is 1.44. The standard InChI is InChI=1S/C11H16N6O/c1-4-16(3)10(18)6-12-9-5-8(2)15-11-13-7-14-17(9)11/h5,7,12H,4,6H2,1-3H3. The third-order valence-electron chi connectivity index (χ3n) is 2.70. The van der Waals surface area contributed by atoms with Crippen LogP contribution in [-0.4, -0.2) is 50.5 Å². The van der Waals surface area contributed by atoms with Gasteiger partial charge in [0.05, 0.1) is 6.54 Å². The Hall–Kier alpha value is -2.18. The summed E-state index contributed by atoms with van der Waals surface area (Å²) >= 11 is 0. The van der Waals surface area contributed by atoms with E-state index in [0.717, 1.165) is 5.69 Å². The van der Waals surface area contributed by atoms with Gasteiger partial charge in [-0.3, -0.25) is 4.79 Å². The van der Waals surface area contributed by atoms with Gasteiger partial charge >= 0.3 is 0 Å². The van der Waals surface area contributed by atoms with Crippen molar-refractivity contribution in [2.45, 2.75) is 13.8 Å². The number of likely N-dealkylation sites (N-methyl/N-ethyl adjacent to an activating group) is 1. The van der Waals surface area contributed by atoms with E-state index in [0.29, 0.717) is 18.1 Å². The highest BCUT2D eigenvalue weighted by Crippen LogP contribution is 2.09. The van der Waals surface area contributed by atoms with E-state index in [1.807, 2.05) is 19.9 Å². The SMILES string of the molecule is CCN(C)C(=O)CNc1cc(C)nc2ncnn12. The van der Waals surface area contributed by atoms with Crippen LogP contribution in [0.25, 0.3) is 5.78 Å². The number of anilines is 1. The first kappa shape index (κ1) is 12.3. The molecule has 0 aliphatic carbocycles.